The first-order chi connectivity index (χ1) is 19.2. The summed E-state index contributed by atoms with van der Waals surface area (Å²) < 4.78 is 12.5. The molecule has 1 heterocycles. The number of nitrogens with zero attached hydrogens (tertiary/aromatic N) is 5. The van der Waals surface area contributed by atoms with E-state index in [1.807, 2.05) is 0 Å². The number of azide groups is 1. The van der Waals surface area contributed by atoms with E-state index in [0.29, 0.717) is 18.2 Å². The Kier molecular flexibility index (Phi) is 10.2. The van der Waals surface area contributed by atoms with Crippen molar-refractivity contribution in [2.45, 2.75) is 69.1 Å². The first-order valence-electron chi connectivity index (χ1n) is 13.7. The average molecular weight is 592 g/mol. The molecule has 2 aromatic carbocycles. The fraction of sp³-hybridized carbons (Fsp3) is 0.414. The maximum absolute atomic E-state index is 12.6. The highest BCUT2D eigenvalue weighted by atomic mass is 32.2. The van der Waals surface area contributed by atoms with Gasteiger partial charge in [0, 0.05) is 35.0 Å². The van der Waals surface area contributed by atoms with Crippen molar-refractivity contribution in [3.8, 4) is 11.1 Å². The summed E-state index contributed by atoms with van der Waals surface area (Å²) in [6.07, 6.45) is 5.60. The van der Waals surface area contributed by atoms with Gasteiger partial charge in [-0.3, -0.25) is 4.79 Å². The lowest BCUT2D eigenvalue weighted by Crippen LogP contribution is -2.46. The molecule has 4 rings (SSSR count). The maximum atomic E-state index is 12.6. The number of unbranched alkanes of at least 4 members (excludes halogenated alkanes) is 1. The zero-order valence-corrected chi connectivity index (χ0v) is 26.5. The predicted molar refractivity (Wildman–Crippen MR) is 165 cm³/mol. The summed E-state index contributed by atoms with van der Waals surface area (Å²) in [6.45, 7) is 9.64. The lowest BCUT2D eigenvalue weighted by molar-refractivity contribution is -0.144. The van der Waals surface area contributed by atoms with Gasteiger partial charge < -0.3 is 8.85 Å². The lowest BCUT2D eigenvalue weighted by atomic mass is 9.98. The SMILES string of the molecule is C[Si](C)(CCCCC(=O)OCC1c2ccccc2-c2ccccc21)O[Si](C)(C)CSc1ncc(CN=[N+]=[N-])cn1. The molecule has 0 saturated heterocycles. The summed E-state index contributed by atoms with van der Waals surface area (Å²) in [5, 5.41) is 5.10. The van der Waals surface area contributed by atoms with Crippen molar-refractivity contribution in [1.29, 1.82) is 0 Å². The van der Waals surface area contributed by atoms with Crippen LogP contribution in [0.3, 0.4) is 0 Å². The molecule has 0 radical (unpaired) electrons. The van der Waals surface area contributed by atoms with Gasteiger partial charge in [-0.2, -0.15) is 0 Å². The lowest BCUT2D eigenvalue weighted by Gasteiger charge is -2.33. The van der Waals surface area contributed by atoms with E-state index >= 15 is 0 Å². The zero-order valence-electron chi connectivity index (χ0n) is 23.7. The number of ether oxygens (including phenoxy) is 1. The number of thioether (sulfide) groups is 1. The van der Waals surface area contributed by atoms with Crippen molar-refractivity contribution >= 4 is 34.4 Å². The third-order valence-electron chi connectivity index (χ3n) is 6.88. The Morgan fingerprint density at radius 1 is 0.975 bits per heavy atom. The van der Waals surface area contributed by atoms with Crippen molar-refractivity contribution in [2.75, 3.05) is 12.0 Å². The Hall–Kier alpha value is -2.96. The maximum Gasteiger partial charge on any atom is 0.305 e. The molecule has 0 saturated carbocycles. The van der Waals surface area contributed by atoms with Gasteiger partial charge in [0.1, 0.15) is 6.61 Å². The second kappa shape index (κ2) is 13.6. The van der Waals surface area contributed by atoms with E-state index in [0.717, 1.165) is 29.8 Å². The van der Waals surface area contributed by atoms with E-state index in [9.17, 15) is 4.79 Å². The molecule has 1 aliphatic carbocycles. The van der Waals surface area contributed by atoms with Crippen molar-refractivity contribution in [3.63, 3.8) is 0 Å². The topological polar surface area (TPSA) is 110 Å². The van der Waals surface area contributed by atoms with E-state index < -0.39 is 16.6 Å². The van der Waals surface area contributed by atoms with Crippen LogP contribution in [0.25, 0.3) is 21.6 Å². The third-order valence-corrected chi connectivity index (χ3v) is 16.7. The number of carbonyl (C=O) groups excluding carboxylic acids is 1. The molecule has 0 fully saturated rings. The second-order valence-corrected chi connectivity index (χ2v) is 21.5. The van der Waals surface area contributed by atoms with E-state index in [-0.39, 0.29) is 18.4 Å². The molecule has 0 atom stereocenters. The molecule has 3 aromatic rings. The summed E-state index contributed by atoms with van der Waals surface area (Å²) >= 11 is 1.61. The molecule has 0 unspecified atom stereocenters. The number of rotatable bonds is 14. The summed E-state index contributed by atoms with van der Waals surface area (Å²) in [6, 6.07) is 17.8. The van der Waals surface area contributed by atoms with Gasteiger partial charge in [0.15, 0.2) is 21.8 Å². The number of fused-ring (bicyclic) bond motifs is 3. The molecule has 8 nitrogen and oxygen atoms in total. The van der Waals surface area contributed by atoms with Crippen LogP contribution in [0.1, 0.15) is 41.9 Å². The molecule has 11 heteroatoms. The van der Waals surface area contributed by atoms with Crippen LogP contribution in [0.4, 0.5) is 0 Å². The highest BCUT2D eigenvalue weighted by Crippen LogP contribution is 2.44. The minimum Gasteiger partial charge on any atom is -0.465 e. The van der Waals surface area contributed by atoms with Crippen molar-refractivity contribution < 1.29 is 13.6 Å². The summed E-state index contributed by atoms with van der Waals surface area (Å²) in [5.41, 5.74) is 14.2. The molecule has 40 heavy (non-hydrogen) atoms. The molecule has 0 spiro atoms. The number of esters is 1. The monoisotopic (exact) mass is 591 g/mol. The molecule has 1 aliphatic rings. The standard InChI is InChI=1S/C29H37N5O3SSi2/c1-39(2,37-40(3,4)21-38-29-31-17-22(18-32-29)19-33-34-30)16-10-9-15-28(35)36-20-27-25-13-7-5-11-23(25)24-12-6-8-14-26(24)27/h5-8,11-14,17-18,27H,9-10,15-16,19-21H2,1-4H3. The van der Waals surface area contributed by atoms with Crippen molar-refractivity contribution in [2.24, 2.45) is 5.11 Å². The highest BCUT2D eigenvalue weighted by Gasteiger charge is 2.33. The van der Waals surface area contributed by atoms with Gasteiger partial charge in [-0.15, -0.1) is 0 Å². The van der Waals surface area contributed by atoms with Gasteiger partial charge >= 0.3 is 5.97 Å². The summed E-state index contributed by atoms with van der Waals surface area (Å²) in [4.78, 5) is 24.1. The van der Waals surface area contributed by atoms with Crippen LogP contribution in [0.2, 0.25) is 32.2 Å². The van der Waals surface area contributed by atoms with Crippen LogP contribution in [0, 0.1) is 0 Å². The number of carbonyl (C=O) groups is 1. The van der Waals surface area contributed by atoms with Crippen LogP contribution in [-0.2, 0) is 20.2 Å². The predicted octanol–water partition coefficient (Wildman–Crippen LogP) is 7.87. The Morgan fingerprint density at radius 3 is 2.23 bits per heavy atom. The molecular weight excluding hydrogens is 555 g/mol. The van der Waals surface area contributed by atoms with E-state index in [2.05, 4.69) is 94.7 Å². The Morgan fingerprint density at radius 2 is 1.60 bits per heavy atom. The van der Waals surface area contributed by atoms with E-state index in [1.165, 1.54) is 22.3 Å². The molecule has 0 bridgehead atoms. The van der Waals surface area contributed by atoms with Crippen molar-refractivity contribution in [3.05, 3.63) is 88.1 Å². The Labute approximate surface area is 242 Å². The van der Waals surface area contributed by atoms with Crippen LogP contribution < -0.4 is 0 Å². The van der Waals surface area contributed by atoms with Crippen LogP contribution in [0.5, 0.6) is 0 Å². The average Bonchev–Trinajstić information content (AvgIpc) is 3.25. The van der Waals surface area contributed by atoms with Crippen LogP contribution >= 0.6 is 11.8 Å². The van der Waals surface area contributed by atoms with Gasteiger partial charge in [-0.25, -0.2) is 9.97 Å². The van der Waals surface area contributed by atoms with Crippen LogP contribution in [-0.4, -0.2) is 44.6 Å². The summed E-state index contributed by atoms with van der Waals surface area (Å²) in [5.74, 6) is -0.0268. The van der Waals surface area contributed by atoms with Gasteiger partial charge in [-0.05, 0) is 72.0 Å². The summed E-state index contributed by atoms with van der Waals surface area (Å²) in [7, 11) is -3.82. The van der Waals surface area contributed by atoms with Gasteiger partial charge in [0.2, 0.25) is 0 Å². The second-order valence-electron chi connectivity index (χ2n) is 11.3. The third kappa shape index (κ3) is 8.28. The molecule has 0 amide bonds. The molecule has 1 aromatic heterocycles. The minimum absolute atomic E-state index is 0.0993. The fourth-order valence-corrected chi connectivity index (χ4v) is 15.6. The van der Waals surface area contributed by atoms with Gasteiger partial charge in [0.25, 0.3) is 0 Å². The van der Waals surface area contributed by atoms with Crippen LogP contribution in [0.15, 0.2) is 71.2 Å². The fourth-order valence-electron chi connectivity index (χ4n) is 5.19. The molecule has 0 N–H and O–H groups in total. The number of hydrogen-bond donors (Lipinski definition) is 0. The quantitative estimate of drug-likeness (QED) is 0.0276. The van der Waals surface area contributed by atoms with Crippen molar-refractivity contribution in [1.82, 2.24) is 9.97 Å². The molecule has 0 aliphatic heterocycles. The first-order valence-corrected chi connectivity index (χ1v) is 20.9. The molecule has 210 valence electrons. The van der Waals surface area contributed by atoms with Gasteiger partial charge in [0.05, 0.1) is 6.54 Å². The van der Waals surface area contributed by atoms with E-state index in [1.54, 1.807) is 24.2 Å². The smallest absolute Gasteiger partial charge is 0.305 e. The number of aromatic nitrogens is 2. The van der Waals surface area contributed by atoms with Gasteiger partial charge in [-0.1, -0.05) is 71.8 Å². The van der Waals surface area contributed by atoms with E-state index in [4.69, 9.17) is 14.4 Å². The molecular formula is C29H37N5O3SSi2. The Balaban J connectivity index is 1.17. The number of benzene rings is 2. The normalized spacial score (nSPS) is 12.9. The Bertz CT molecular complexity index is 1320. The zero-order chi connectivity index (χ0) is 28.6. The highest BCUT2D eigenvalue weighted by molar-refractivity contribution is 8.00. The minimum atomic E-state index is -1.94. The first kappa shape index (κ1) is 30.0. The largest absolute Gasteiger partial charge is 0.465 e. The number of hydrogen-bond acceptors (Lipinski definition) is 7.